The standard InChI is InChI=1S/C25H29N3O3/c1-29-23-10-6-4-8-20(23)21-16-19(17-26-25(21)31-3)18-27-12-14-28(15-13-27)22-9-5-7-11-24(22)30-2/h4-11,16-17H,12-15,18H2,1-3H3. The molecule has 31 heavy (non-hydrogen) atoms. The van der Waals surface area contributed by atoms with Crippen molar-refractivity contribution in [3.8, 4) is 28.5 Å². The predicted molar refractivity (Wildman–Crippen MR) is 123 cm³/mol. The molecule has 2 heterocycles. The van der Waals surface area contributed by atoms with E-state index < -0.39 is 0 Å². The van der Waals surface area contributed by atoms with Gasteiger partial charge in [-0.25, -0.2) is 4.98 Å². The monoisotopic (exact) mass is 419 g/mol. The second kappa shape index (κ2) is 9.71. The molecular weight excluding hydrogens is 390 g/mol. The molecule has 6 nitrogen and oxygen atoms in total. The van der Waals surface area contributed by atoms with Gasteiger partial charge in [0, 0.05) is 50.0 Å². The van der Waals surface area contributed by atoms with Crippen LogP contribution in [0.15, 0.2) is 60.8 Å². The molecule has 1 fully saturated rings. The summed E-state index contributed by atoms with van der Waals surface area (Å²) >= 11 is 0. The normalized spacial score (nSPS) is 14.4. The van der Waals surface area contributed by atoms with Gasteiger partial charge in [0.2, 0.25) is 5.88 Å². The van der Waals surface area contributed by atoms with Crippen LogP contribution in [-0.2, 0) is 6.54 Å². The number of hydrogen-bond donors (Lipinski definition) is 0. The summed E-state index contributed by atoms with van der Waals surface area (Å²) < 4.78 is 16.6. The highest BCUT2D eigenvalue weighted by atomic mass is 16.5. The Morgan fingerprint density at radius 2 is 1.45 bits per heavy atom. The van der Waals surface area contributed by atoms with Crippen molar-refractivity contribution in [2.75, 3.05) is 52.4 Å². The fourth-order valence-electron chi connectivity index (χ4n) is 4.10. The number of ether oxygens (including phenoxy) is 3. The molecule has 0 unspecified atom stereocenters. The van der Waals surface area contributed by atoms with Crippen molar-refractivity contribution in [2.24, 2.45) is 0 Å². The quantitative estimate of drug-likeness (QED) is 0.575. The van der Waals surface area contributed by atoms with Crippen molar-refractivity contribution in [3.05, 3.63) is 66.4 Å². The Kier molecular flexibility index (Phi) is 6.57. The van der Waals surface area contributed by atoms with Crippen LogP contribution < -0.4 is 19.1 Å². The van der Waals surface area contributed by atoms with Gasteiger partial charge in [-0.05, 0) is 29.8 Å². The maximum atomic E-state index is 5.55. The molecule has 3 aromatic rings. The van der Waals surface area contributed by atoms with Gasteiger partial charge in [0.1, 0.15) is 11.5 Å². The molecule has 1 aromatic heterocycles. The van der Waals surface area contributed by atoms with Crippen LogP contribution in [0.25, 0.3) is 11.1 Å². The van der Waals surface area contributed by atoms with Gasteiger partial charge < -0.3 is 19.1 Å². The van der Waals surface area contributed by atoms with E-state index >= 15 is 0 Å². The lowest BCUT2D eigenvalue weighted by atomic mass is 10.0. The molecule has 0 saturated carbocycles. The van der Waals surface area contributed by atoms with Crippen LogP contribution in [0.3, 0.4) is 0 Å². The average molecular weight is 420 g/mol. The Morgan fingerprint density at radius 1 is 0.774 bits per heavy atom. The van der Waals surface area contributed by atoms with Gasteiger partial charge in [-0.3, -0.25) is 4.90 Å². The highest BCUT2D eigenvalue weighted by Gasteiger charge is 2.20. The first kappa shape index (κ1) is 21.0. The topological polar surface area (TPSA) is 47.1 Å². The third-order valence-corrected chi connectivity index (χ3v) is 5.70. The van der Waals surface area contributed by atoms with E-state index in [1.807, 2.05) is 42.6 Å². The Hall–Kier alpha value is -3.25. The highest BCUT2D eigenvalue weighted by Crippen LogP contribution is 2.36. The lowest BCUT2D eigenvalue weighted by Gasteiger charge is -2.36. The van der Waals surface area contributed by atoms with Crippen LogP contribution in [0.2, 0.25) is 0 Å². The van der Waals surface area contributed by atoms with Crippen LogP contribution in [0.4, 0.5) is 5.69 Å². The number of anilines is 1. The molecule has 1 saturated heterocycles. The number of methoxy groups -OCH3 is 3. The number of aromatic nitrogens is 1. The summed E-state index contributed by atoms with van der Waals surface area (Å²) in [5.74, 6) is 2.34. The van der Waals surface area contributed by atoms with Crippen LogP contribution in [-0.4, -0.2) is 57.4 Å². The molecule has 1 aliphatic heterocycles. The van der Waals surface area contributed by atoms with E-state index in [2.05, 4.69) is 33.0 Å². The van der Waals surface area contributed by atoms with Crippen LogP contribution >= 0.6 is 0 Å². The van der Waals surface area contributed by atoms with Crippen molar-refractivity contribution >= 4 is 5.69 Å². The summed E-state index contributed by atoms with van der Waals surface area (Å²) in [5.41, 5.74) is 4.25. The molecule has 0 aliphatic carbocycles. The first-order valence-electron chi connectivity index (χ1n) is 10.5. The smallest absolute Gasteiger partial charge is 0.221 e. The van der Waals surface area contributed by atoms with Crippen molar-refractivity contribution in [2.45, 2.75) is 6.54 Å². The highest BCUT2D eigenvalue weighted by molar-refractivity contribution is 5.74. The van der Waals surface area contributed by atoms with E-state index in [1.54, 1.807) is 21.3 Å². The number of piperazine rings is 1. The van der Waals surface area contributed by atoms with Gasteiger partial charge in [0.15, 0.2) is 0 Å². The Morgan fingerprint density at radius 3 is 2.16 bits per heavy atom. The maximum Gasteiger partial charge on any atom is 0.221 e. The fourth-order valence-corrected chi connectivity index (χ4v) is 4.10. The number of rotatable bonds is 7. The maximum absolute atomic E-state index is 5.55. The third-order valence-electron chi connectivity index (χ3n) is 5.70. The minimum Gasteiger partial charge on any atom is -0.496 e. The molecule has 1 aliphatic rings. The van der Waals surface area contributed by atoms with Gasteiger partial charge in [0.05, 0.1) is 27.0 Å². The van der Waals surface area contributed by atoms with Crippen molar-refractivity contribution in [1.29, 1.82) is 0 Å². The summed E-state index contributed by atoms with van der Waals surface area (Å²) in [4.78, 5) is 9.42. The zero-order chi connectivity index (χ0) is 21.6. The van der Waals surface area contributed by atoms with Crippen LogP contribution in [0, 0.1) is 0 Å². The second-order valence-electron chi connectivity index (χ2n) is 7.54. The van der Waals surface area contributed by atoms with Gasteiger partial charge in [-0.15, -0.1) is 0 Å². The number of hydrogen-bond acceptors (Lipinski definition) is 6. The summed E-state index contributed by atoms with van der Waals surface area (Å²) in [6.45, 7) is 4.73. The van der Waals surface area contributed by atoms with E-state index in [0.717, 1.165) is 66.6 Å². The molecule has 0 spiro atoms. The lowest BCUT2D eigenvalue weighted by Crippen LogP contribution is -2.46. The van der Waals surface area contributed by atoms with Crippen LogP contribution in [0.1, 0.15) is 5.56 Å². The largest absolute Gasteiger partial charge is 0.496 e. The minimum absolute atomic E-state index is 0.606. The van der Waals surface area contributed by atoms with Crippen molar-refractivity contribution in [1.82, 2.24) is 9.88 Å². The third kappa shape index (κ3) is 4.59. The summed E-state index contributed by atoms with van der Waals surface area (Å²) in [7, 11) is 5.06. The molecule has 0 atom stereocenters. The molecule has 162 valence electrons. The molecular formula is C25H29N3O3. The van der Waals surface area contributed by atoms with E-state index in [-0.39, 0.29) is 0 Å². The first-order chi connectivity index (χ1) is 15.2. The summed E-state index contributed by atoms with van der Waals surface area (Å²) in [5, 5.41) is 0. The van der Waals surface area contributed by atoms with E-state index in [9.17, 15) is 0 Å². The molecule has 0 bridgehead atoms. The molecule has 0 amide bonds. The van der Waals surface area contributed by atoms with E-state index in [0.29, 0.717) is 5.88 Å². The lowest BCUT2D eigenvalue weighted by molar-refractivity contribution is 0.248. The van der Waals surface area contributed by atoms with Crippen LogP contribution in [0.5, 0.6) is 17.4 Å². The molecule has 0 N–H and O–H groups in total. The summed E-state index contributed by atoms with van der Waals surface area (Å²) in [6, 6.07) is 18.3. The number of pyridine rings is 1. The molecule has 6 heteroatoms. The van der Waals surface area contributed by atoms with E-state index in [1.165, 1.54) is 0 Å². The Bertz CT molecular complexity index is 1020. The zero-order valence-corrected chi connectivity index (χ0v) is 18.4. The summed E-state index contributed by atoms with van der Waals surface area (Å²) in [6.07, 6.45) is 1.91. The molecule has 4 rings (SSSR count). The Labute approximate surface area is 184 Å². The number of benzene rings is 2. The SMILES string of the molecule is COc1ccccc1-c1cc(CN2CCN(c3ccccc3OC)CC2)cnc1OC. The number of para-hydroxylation sites is 3. The van der Waals surface area contributed by atoms with Gasteiger partial charge in [-0.2, -0.15) is 0 Å². The molecule has 2 aromatic carbocycles. The van der Waals surface area contributed by atoms with E-state index in [4.69, 9.17) is 14.2 Å². The van der Waals surface area contributed by atoms with Gasteiger partial charge in [0.25, 0.3) is 0 Å². The van der Waals surface area contributed by atoms with Crippen molar-refractivity contribution < 1.29 is 14.2 Å². The zero-order valence-electron chi connectivity index (χ0n) is 18.4. The fraction of sp³-hybridized carbons (Fsp3) is 0.320. The Balaban J connectivity index is 1.48. The second-order valence-corrected chi connectivity index (χ2v) is 7.54. The first-order valence-corrected chi connectivity index (χ1v) is 10.5. The number of nitrogens with zero attached hydrogens (tertiary/aromatic N) is 3. The average Bonchev–Trinajstić information content (AvgIpc) is 2.84. The van der Waals surface area contributed by atoms with Gasteiger partial charge >= 0.3 is 0 Å². The van der Waals surface area contributed by atoms with Gasteiger partial charge in [-0.1, -0.05) is 30.3 Å². The predicted octanol–water partition coefficient (Wildman–Crippen LogP) is 4.10. The van der Waals surface area contributed by atoms with Crippen molar-refractivity contribution in [3.63, 3.8) is 0 Å². The molecule has 0 radical (unpaired) electrons. The minimum atomic E-state index is 0.606.